The standard InChI is InChI=1S/C22H20F2N2O6S/c1-13-11-19(14(2)26(13)16-5-7-17(8-6-16)32-22(23)24)20(27)12-31-21(28)15-3-9-18(10-4-15)33(25,29)30/h3-11,22H,12H2,1-2H3,(H2,25,29,30). The maximum absolute atomic E-state index is 12.7. The molecule has 0 spiro atoms. The van der Waals surface area contributed by atoms with Crippen molar-refractivity contribution in [1.82, 2.24) is 4.57 Å². The summed E-state index contributed by atoms with van der Waals surface area (Å²) in [4.78, 5) is 24.7. The SMILES string of the molecule is Cc1cc(C(=O)COC(=O)c2ccc(S(N)(=O)=O)cc2)c(C)n1-c1ccc(OC(F)F)cc1. The van der Waals surface area contributed by atoms with Gasteiger partial charge in [-0.15, -0.1) is 0 Å². The first-order valence-electron chi connectivity index (χ1n) is 9.54. The Bertz CT molecular complexity index is 1280. The minimum atomic E-state index is -3.89. The van der Waals surface area contributed by atoms with Crippen LogP contribution in [0.5, 0.6) is 5.75 Å². The topological polar surface area (TPSA) is 118 Å². The molecule has 3 rings (SSSR count). The monoisotopic (exact) mass is 478 g/mol. The van der Waals surface area contributed by atoms with Gasteiger partial charge in [-0.05, 0) is 68.4 Å². The van der Waals surface area contributed by atoms with Crippen LogP contribution in [0.2, 0.25) is 0 Å². The average molecular weight is 478 g/mol. The van der Waals surface area contributed by atoms with Gasteiger partial charge in [-0.25, -0.2) is 18.4 Å². The number of aromatic nitrogens is 1. The second-order valence-corrected chi connectivity index (χ2v) is 8.62. The van der Waals surface area contributed by atoms with Gasteiger partial charge >= 0.3 is 12.6 Å². The smallest absolute Gasteiger partial charge is 0.387 e. The van der Waals surface area contributed by atoms with E-state index in [1.54, 1.807) is 36.6 Å². The summed E-state index contributed by atoms with van der Waals surface area (Å²) in [7, 11) is -3.89. The van der Waals surface area contributed by atoms with Gasteiger partial charge in [0, 0.05) is 22.6 Å². The van der Waals surface area contributed by atoms with E-state index in [2.05, 4.69) is 4.74 Å². The normalized spacial score (nSPS) is 11.5. The molecule has 2 aromatic carbocycles. The number of Topliss-reactive ketones (excluding diaryl/α,β-unsaturated/α-hetero) is 1. The van der Waals surface area contributed by atoms with Gasteiger partial charge < -0.3 is 14.0 Å². The molecule has 0 saturated heterocycles. The molecule has 1 aromatic heterocycles. The van der Waals surface area contributed by atoms with Crippen molar-refractivity contribution in [3.05, 3.63) is 77.1 Å². The Balaban J connectivity index is 1.71. The van der Waals surface area contributed by atoms with Crippen LogP contribution in [0.25, 0.3) is 5.69 Å². The van der Waals surface area contributed by atoms with E-state index >= 15 is 0 Å². The summed E-state index contributed by atoms with van der Waals surface area (Å²) in [5, 5.41) is 5.02. The second kappa shape index (κ2) is 9.51. The molecule has 8 nitrogen and oxygen atoms in total. The number of ether oxygens (including phenoxy) is 2. The highest BCUT2D eigenvalue weighted by Gasteiger charge is 2.19. The van der Waals surface area contributed by atoms with Gasteiger partial charge in [0.2, 0.25) is 15.8 Å². The van der Waals surface area contributed by atoms with E-state index in [4.69, 9.17) is 9.88 Å². The number of alkyl halides is 2. The van der Waals surface area contributed by atoms with Gasteiger partial charge in [0.1, 0.15) is 5.75 Å². The highest BCUT2D eigenvalue weighted by atomic mass is 32.2. The Morgan fingerprint density at radius 2 is 1.64 bits per heavy atom. The number of sulfonamides is 1. The zero-order valence-corrected chi connectivity index (χ0v) is 18.4. The van der Waals surface area contributed by atoms with E-state index in [0.717, 1.165) is 0 Å². The molecule has 174 valence electrons. The third-order valence-electron chi connectivity index (χ3n) is 4.80. The molecule has 0 aliphatic carbocycles. The van der Waals surface area contributed by atoms with Gasteiger partial charge in [-0.1, -0.05) is 0 Å². The van der Waals surface area contributed by atoms with Crippen molar-refractivity contribution >= 4 is 21.8 Å². The third-order valence-corrected chi connectivity index (χ3v) is 5.73. The summed E-state index contributed by atoms with van der Waals surface area (Å²) in [6.07, 6.45) is 0. The lowest BCUT2D eigenvalue weighted by Crippen LogP contribution is -2.16. The largest absolute Gasteiger partial charge is 0.454 e. The maximum atomic E-state index is 12.7. The fourth-order valence-corrected chi connectivity index (χ4v) is 3.81. The second-order valence-electron chi connectivity index (χ2n) is 7.06. The van der Waals surface area contributed by atoms with Crippen LogP contribution in [-0.2, 0) is 14.8 Å². The Hall–Kier alpha value is -3.57. The van der Waals surface area contributed by atoms with Crippen molar-refractivity contribution < 1.29 is 36.3 Å². The van der Waals surface area contributed by atoms with E-state index in [9.17, 15) is 26.8 Å². The Morgan fingerprint density at radius 3 is 2.18 bits per heavy atom. The van der Waals surface area contributed by atoms with Crippen LogP contribution in [0.15, 0.2) is 59.5 Å². The van der Waals surface area contributed by atoms with Crippen LogP contribution in [0.3, 0.4) is 0 Å². The summed E-state index contributed by atoms with van der Waals surface area (Å²) in [5.74, 6) is -1.23. The Morgan fingerprint density at radius 1 is 1.03 bits per heavy atom. The van der Waals surface area contributed by atoms with Gasteiger partial charge in [0.25, 0.3) is 0 Å². The van der Waals surface area contributed by atoms with Crippen LogP contribution in [0, 0.1) is 13.8 Å². The van der Waals surface area contributed by atoms with Crippen LogP contribution >= 0.6 is 0 Å². The number of aryl methyl sites for hydroxylation is 1. The van der Waals surface area contributed by atoms with Crippen molar-refractivity contribution in [2.45, 2.75) is 25.4 Å². The van der Waals surface area contributed by atoms with Crippen molar-refractivity contribution in [2.24, 2.45) is 5.14 Å². The predicted octanol–water partition coefficient (Wildman–Crippen LogP) is 3.38. The molecule has 0 amide bonds. The van der Waals surface area contributed by atoms with Gasteiger partial charge in [-0.2, -0.15) is 8.78 Å². The average Bonchev–Trinajstić information content (AvgIpc) is 3.05. The first kappa shape index (κ1) is 24.1. The van der Waals surface area contributed by atoms with E-state index in [-0.39, 0.29) is 16.2 Å². The minimum Gasteiger partial charge on any atom is -0.454 e. The van der Waals surface area contributed by atoms with Gasteiger partial charge in [-0.3, -0.25) is 4.79 Å². The highest BCUT2D eigenvalue weighted by molar-refractivity contribution is 7.89. The number of primary sulfonamides is 1. The fraction of sp³-hybridized carbons (Fsp3) is 0.182. The summed E-state index contributed by atoms with van der Waals surface area (Å²) in [5.41, 5.74) is 2.32. The lowest BCUT2D eigenvalue weighted by atomic mass is 10.1. The van der Waals surface area contributed by atoms with E-state index in [1.165, 1.54) is 36.4 Å². The number of halogens is 2. The molecule has 0 bridgehead atoms. The number of ketones is 1. The fourth-order valence-electron chi connectivity index (χ4n) is 3.29. The number of esters is 1. The van der Waals surface area contributed by atoms with Crippen molar-refractivity contribution in [3.63, 3.8) is 0 Å². The van der Waals surface area contributed by atoms with Crippen molar-refractivity contribution in [1.29, 1.82) is 0 Å². The molecular weight excluding hydrogens is 458 g/mol. The molecule has 0 atom stereocenters. The Kier molecular flexibility index (Phi) is 6.94. The lowest BCUT2D eigenvalue weighted by molar-refractivity contribution is -0.0498. The first-order chi connectivity index (χ1) is 15.5. The number of benzene rings is 2. The molecule has 33 heavy (non-hydrogen) atoms. The predicted molar refractivity (Wildman–Crippen MR) is 114 cm³/mol. The molecule has 1 heterocycles. The third kappa shape index (κ3) is 5.62. The van der Waals surface area contributed by atoms with Gasteiger partial charge in [0.05, 0.1) is 10.5 Å². The Labute approximate surface area is 188 Å². The lowest BCUT2D eigenvalue weighted by Gasteiger charge is -2.11. The quantitative estimate of drug-likeness (QED) is 0.392. The number of carbonyl (C=O) groups excluding carboxylic acids is 2. The minimum absolute atomic E-state index is 0.0107. The molecule has 0 radical (unpaired) electrons. The molecular formula is C22H20F2N2O6S. The van der Waals surface area contributed by atoms with Crippen LogP contribution in [0.1, 0.15) is 32.1 Å². The van der Waals surface area contributed by atoms with Crippen molar-refractivity contribution in [3.8, 4) is 11.4 Å². The zero-order chi connectivity index (χ0) is 24.3. The van der Waals surface area contributed by atoms with Crippen LogP contribution in [0.4, 0.5) is 8.78 Å². The number of hydrogen-bond acceptors (Lipinski definition) is 6. The van der Waals surface area contributed by atoms with E-state index in [1.807, 2.05) is 0 Å². The number of hydrogen-bond donors (Lipinski definition) is 1. The summed E-state index contributed by atoms with van der Waals surface area (Å²) >= 11 is 0. The maximum Gasteiger partial charge on any atom is 0.387 e. The van der Waals surface area contributed by atoms with Crippen molar-refractivity contribution in [2.75, 3.05) is 6.61 Å². The number of nitrogens with zero attached hydrogens (tertiary/aromatic N) is 1. The molecule has 3 aromatic rings. The van der Waals surface area contributed by atoms with E-state index < -0.39 is 35.0 Å². The molecule has 0 saturated carbocycles. The molecule has 11 heteroatoms. The first-order valence-corrected chi connectivity index (χ1v) is 11.1. The zero-order valence-electron chi connectivity index (χ0n) is 17.6. The van der Waals surface area contributed by atoms with Gasteiger partial charge in [0.15, 0.2) is 6.61 Å². The molecule has 2 N–H and O–H groups in total. The number of rotatable bonds is 8. The van der Waals surface area contributed by atoms with Crippen LogP contribution < -0.4 is 9.88 Å². The highest BCUT2D eigenvalue weighted by Crippen LogP contribution is 2.24. The molecule has 0 unspecified atom stereocenters. The molecule has 0 fully saturated rings. The molecule has 0 aliphatic heterocycles. The summed E-state index contributed by atoms with van der Waals surface area (Å²) in [6, 6.07) is 12.4. The number of carbonyl (C=O) groups is 2. The van der Waals surface area contributed by atoms with Crippen LogP contribution in [-0.4, -0.2) is 38.0 Å². The summed E-state index contributed by atoms with van der Waals surface area (Å²) < 4.78 is 58.4. The summed E-state index contributed by atoms with van der Waals surface area (Å²) in [6.45, 7) is 0.0232. The molecule has 0 aliphatic rings. The number of nitrogens with two attached hydrogens (primary N) is 1. The van der Waals surface area contributed by atoms with E-state index in [0.29, 0.717) is 22.6 Å².